The highest BCUT2D eigenvalue weighted by Gasteiger charge is 2.21. The fourth-order valence-electron chi connectivity index (χ4n) is 7.83. The van der Waals surface area contributed by atoms with Crippen molar-refractivity contribution in [2.24, 2.45) is 0 Å². The van der Waals surface area contributed by atoms with Gasteiger partial charge in [0.1, 0.15) is 23.0 Å². The van der Waals surface area contributed by atoms with Crippen molar-refractivity contribution in [3.63, 3.8) is 0 Å². The number of aromatic hydroxyl groups is 2. The summed E-state index contributed by atoms with van der Waals surface area (Å²) in [5, 5.41) is 31.2. The summed E-state index contributed by atoms with van der Waals surface area (Å²) in [5.41, 5.74) is 8.50. The van der Waals surface area contributed by atoms with Gasteiger partial charge in [0.25, 0.3) is 11.8 Å². The van der Waals surface area contributed by atoms with Gasteiger partial charge in [-0.25, -0.2) is 0 Å². The number of hydrogen-bond acceptors (Lipinski definition) is 8. The number of anilines is 2. The molecule has 2 amide bonds. The third-order valence-corrected chi connectivity index (χ3v) is 10.7. The van der Waals surface area contributed by atoms with Crippen LogP contribution in [0.3, 0.4) is 0 Å². The number of para-hydroxylation sites is 6. The molecule has 10 nitrogen and oxygen atoms in total. The highest BCUT2D eigenvalue weighted by molar-refractivity contribution is 5.95. The van der Waals surface area contributed by atoms with Gasteiger partial charge in [0.2, 0.25) is 0 Å². The molecule has 296 valence electrons. The summed E-state index contributed by atoms with van der Waals surface area (Å²) < 4.78 is 12.7. The molecule has 10 heteroatoms. The monoisotopic (exact) mass is 792 g/mol. The van der Waals surface area contributed by atoms with Gasteiger partial charge in [-0.05, 0) is 68.8 Å². The summed E-state index contributed by atoms with van der Waals surface area (Å²) in [6, 6.07) is 41.9. The Morgan fingerprint density at radius 2 is 0.800 bits per heavy atom. The molecule has 4 N–H and O–H groups in total. The Kier molecular flexibility index (Phi) is 10.5. The molecule has 8 bridgehead atoms. The molecule has 2 heterocycles. The van der Waals surface area contributed by atoms with Gasteiger partial charge >= 0.3 is 0 Å². The zero-order valence-electron chi connectivity index (χ0n) is 32.5. The van der Waals surface area contributed by atoms with Crippen LogP contribution in [0.1, 0.15) is 44.5 Å². The van der Waals surface area contributed by atoms with E-state index < -0.39 is 0 Å². The van der Waals surface area contributed by atoms with E-state index in [9.17, 15) is 19.8 Å². The number of phenols is 2. The first-order valence-electron chi connectivity index (χ1n) is 19.7. The van der Waals surface area contributed by atoms with E-state index in [-0.39, 0.29) is 36.5 Å². The van der Waals surface area contributed by atoms with Crippen LogP contribution >= 0.6 is 0 Å². The number of nitrogens with zero attached hydrogens (tertiary/aromatic N) is 2. The number of benzene rings is 6. The number of rotatable bonds is 8. The zero-order valence-corrected chi connectivity index (χ0v) is 32.5. The van der Waals surface area contributed by atoms with Gasteiger partial charge in [0.05, 0.1) is 34.8 Å². The predicted molar refractivity (Wildman–Crippen MR) is 232 cm³/mol. The van der Waals surface area contributed by atoms with Crippen molar-refractivity contribution in [3.8, 4) is 23.0 Å². The average molecular weight is 793 g/mol. The smallest absolute Gasteiger partial charge is 0.262 e. The fourth-order valence-corrected chi connectivity index (χ4v) is 7.83. The summed E-state index contributed by atoms with van der Waals surface area (Å²) in [4.78, 5) is 35.5. The van der Waals surface area contributed by atoms with E-state index in [1.54, 1.807) is 12.4 Å². The minimum absolute atomic E-state index is 0.128. The lowest BCUT2D eigenvalue weighted by Gasteiger charge is -2.20. The molecule has 2 aromatic heterocycles. The number of carbonyl (C=O) groups is 2. The second-order valence-electron chi connectivity index (χ2n) is 14.9. The van der Waals surface area contributed by atoms with Crippen LogP contribution in [0, 0.1) is 0 Å². The molecule has 6 aromatic carbocycles. The number of phenolic OH excluding ortho intramolecular Hbond substituents is 2. The summed E-state index contributed by atoms with van der Waals surface area (Å²) in [6.45, 7) is -0.549. The Morgan fingerprint density at radius 1 is 0.467 bits per heavy atom. The number of amides is 2. The molecule has 0 spiro atoms. The van der Waals surface area contributed by atoms with Gasteiger partial charge < -0.3 is 30.3 Å². The molecular weight excluding hydrogens is 753 g/mol. The van der Waals surface area contributed by atoms with E-state index in [4.69, 9.17) is 9.47 Å². The van der Waals surface area contributed by atoms with Crippen molar-refractivity contribution in [3.05, 3.63) is 190 Å². The number of fused-ring (bicyclic) bond motifs is 10. The third kappa shape index (κ3) is 8.17. The van der Waals surface area contributed by atoms with Crippen molar-refractivity contribution in [1.29, 1.82) is 0 Å². The van der Waals surface area contributed by atoms with Crippen LogP contribution in [0.15, 0.2) is 146 Å². The first kappa shape index (κ1) is 37.8. The minimum Gasteiger partial charge on any atom is -0.507 e. The zero-order chi connectivity index (χ0) is 41.0. The lowest BCUT2D eigenvalue weighted by Crippen LogP contribution is -2.21. The normalized spacial score (nSPS) is 12.1. The first-order valence-corrected chi connectivity index (χ1v) is 19.7. The molecule has 60 heavy (non-hydrogen) atoms. The molecule has 1 aliphatic rings. The van der Waals surface area contributed by atoms with E-state index in [2.05, 4.69) is 20.6 Å². The molecule has 8 aromatic rings. The molecule has 0 fully saturated rings. The number of hydrogen-bond donors (Lipinski definition) is 4. The topological polar surface area (TPSA) is 143 Å². The van der Waals surface area contributed by atoms with E-state index in [1.165, 1.54) is 0 Å². The number of pyridine rings is 2. The molecule has 9 rings (SSSR count). The average Bonchev–Trinajstić information content (AvgIpc) is 3.25. The Labute approximate surface area is 346 Å². The van der Waals surface area contributed by atoms with Crippen LogP contribution in [0.4, 0.5) is 11.4 Å². The van der Waals surface area contributed by atoms with Crippen molar-refractivity contribution >= 4 is 45.0 Å². The standard InChI is InChI=1S/C50H40N4O6/c55-45(53-41-25-31-9-1-3-19-43(31)51-27-41)29-59-49-37-15-7-16-38(49)22-34-12-6-14-36(48(34)58)24-40-18-8-17-39(23-35-13-5-11-33(21-37)47(35)57)50(40)60-30-46(56)54-42-26-32-10-2-4-20-44(32)52-28-42/h1-20,25-28,57-58H,21-24,29-30H2,(H,53,55)(H,54,56). The van der Waals surface area contributed by atoms with Crippen LogP contribution in [0.5, 0.6) is 23.0 Å². The highest BCUT2D eigenvalue weighted by Crippen LogP contribution is 2.38. The quantitative estimate of drug-likeness (QED) is 0.120. The predicted octanol–water partition coefficient (Wildman–Crippen LogP) is 8.91. The van der Waals surface area contributed by atoms with E-state index in [1.807, 2.05) is 133 Å². The Balaban J connectivity index is 1.02. The Morgan fingerprint density at radius 3 is 1.17 bits per heavy atom. The first-order chi connectivity index (χ1) is 29.3. The molecule has 1 aliphatic carbocycles. The van der Waals surface area contributed by atoms with Gasteiger partial charge in [-0.3, -0.25) is 19.6 Å². The van der Waals surface area contributed by atoms with Crippen LogP contribution in [-0.2, 0) is 35.3 Å². The SMILES string of the molecule is O=C(COc1c2cccc1Cc1cccc(c1O)Cc1cccc(c1OCC(=O)Nc1cnc3ccccc3c1)Cc1cccc(c1O)C2)Nc1cnc2ccccc2c1. The lowest BCUT2D eigenvalue weighted by molar-refractivity contribution is -0.118. The molecule has 0 unspecified atom stereocenters. The maximum atomic E-state index is 13.3. The molecule has 0 radical (unpaired) electrons. The highest BCUT2D eigenvalue weighted by atomic mass is 16.5. The molecular formula is C50H40N4O6. The van der Waals surface area contributed by atoms with Gasteiger partial charge in [-0.2, -0.15) is 0 Å². The van der Waals surface area contributed by atoms with Gasteiger partial charge in [-0.15, -0.1) is 0 Å². The van der Waals surface area contributed by atoms with E-state index >= 15 is 0 Å². The van der Waals surface area contributed by atoms with Crippen LogP contribution in [0.25, 0.3) is 21.8 Å². The number of ether oxygens (including phenoxy) is 2. The maximum Gasteiger partial charge on any atom is 0.262 e. The van der Waals surface area contributed by atoms with E-state index in [0.717, 1.165) is 44.1 Å². The molecule has 0 saturated heterocycles. The summed E-state index contributed by atoms with van der Waals surface area (Å²) in [7, 11) is 0. The number of nitrogens with one attached hydrogen (secondary N) is 2. The summed E-state index contributed by atoms with van der Waals surface area (Å²) >= 11 is 0. The van der Waals surface area contributed by atoms with Crippen molar-refractivity contribution in [2.45, 2.75) is 25.7 Å². The van der Waals surface area contributed by atoms with Gasteiger partial charge in [0, 0.05) is 36.5 Å². The molecule has 0 atom stereocenters. The largest absolute Gasteiger partial charge is 0.507 e. The third-order valence-electron chi connectivity index (χ3n) is 10.7. The number of aromatic nitrogens is 2. The molecule has 0 saturated carbocycles. The fraction of sp³-hybridized carbons (Fsp3) is 0.120. The van der Waals surface area contributed by atoms with Gasteiger partial charge in [-0.1, -0.05) is 109 Å². The number of carbonyl (C=O) groups excluding carboxylic acids is 2. The lowest BCUT2D eigenvalue weighted by atomic mass is 9.91. The Hall–Kier alpha value is -7.72. The van der Waals surface area contributed by atoms with Crippen molar-refractivity contribution in [2.75, 3.05) is 23.8 Å². The summed E-state index contributed by atoms with van der Waals surface area (Å²) in [6.07, 6.45) is 4.45. The minimum atomic E-state index is -0.355. The van der Waals surface area contributed by atoms with Crippen molar-refractivity contribution < 1.29 is 29.3 Å². The van der Waals surface area contributed by atoms with Crippen LogP contribution in [0.2, 0.25) is 0 Å². The van der Waals surface area contributed by atoms with E-state index in [0.29, 0.717) is 70.8 Å². The molecule has 0 aliphatic heterocycles. The summed E-state index contributed by atoms with van der Waals surface area (Å²) in [5.74, 6) is 0.555. The van der Waals surface area contributed by atoms with Crippen molar-refractivity contribution in [1.82, 2.24) is 9.97 Å². The van der Waals surface area contributed by atoms with Crippen LogP contribution in [-0.4, -0.2) is 45.2 Å². The Bertz CT molecular complexity index is 2650. The van der Waals surface area contributed by atoms with Crippen LogP contribution < -0.4 is 20.1 Å². The maximum absolute atomic E-state index is 13.3. The van der Waals surface area contributed by atoms with Gasteiger partial charge in [0.15, 0.2) is 13.2 Å². The second kappa shape index (κ2) is 16.6. The second-order valence-corrected chi connectivity index (χ2v) is 14.9.